The van der Waals surface area contributed by atoms with E-state index >= 15 is 0 Å². The van der Waals surface area contributed by atoms with E-state index in [1.54, 1.807) is 0 Å². The highest BCUT2D eigenvalue weighted by Gasteiger charge is 2.11. The Kier molecular flexibility index (Phi) is 6.52. The van der Waals surface area contributed by atoms with Crippen LogP contribution in [0, 0.1) is 17.2 Å². The minimum Gasteiger partial charge on any atom is -0.370 e. The topological polar surface area (TPSA) is 65.4 Å². The summed E-state index contributed by atoms with van der Waals surface area (Å²) in [4.78, 5) is 6.27. The Morgan fingerprint density at radius 2 is 2.00 bits per heavy atom. The Bertz CT molecular complexity index is 237. The smallest absolute Gasteiger partial charge is 0.191 e. The molecule has 0 aromatic rings. The van der Waals surface area contributed by atoms with Crippen LogP contribution in [0.25, 0.3) is 0 Å². The molecule has 0 saturated heterocycles. The van der Waals surface area contributed by atoms with Crippen molar-refractivity contribution in [1.82, 2.24) is 4.90 Å². The van der Waals surface area contributed by atoms with Crippen LogP contribution in [0.4, 0.5) is 0 Å². The fraction of sp³-hybridized carbons (Fsp3) is 0.818. The van der Waals surface area contributed by atoms with Crippen LogP contribution < -0.4 is 5.73 Å². The highest BCUT2D eigenvalue weighted by Crippen LogP contribution is 2.00. The van der Waals surface area contributed by atoms with Gasteiger partial charge in [0.1, 0.15) is 0 Å². The molecular formula is C11H22N4. The van der Waals surface area contributed by atoms with Crippen molar-refractivity contribution in [2.45, 2.75) is 40.2 Å². The molecule has 0 saturated carbocycles. The molecule has 0 aliphatic carbocycles. The van der Waals surface area contributed by atoms with Crippen molar-refractivity contribution in [2.24, 2.45) is 16.6 Å². The summed E-state index contributed by atoms with van der Waals surface area (Å²) in [7, 11) is 0. The van der Waals surface area contributed by atoms with Crippen LogP contribution in [0.1, 0.15) is 34.1 Å². The van der Waals surface area contributed by atoms with Gasteiger partial charge in [0, 0.05) is 19.1 Å². The molecule has 0 unspecified atom stereocenters. The summed E-state index contributed by atoms with van der Waals surface area (Å²) in [6.07, 6.45) is 0.482. The van der Waals surface area contributed by atoms with Crippen LogP contribution in [0.3, 0.4) is 0 Å². The summed E-state index contributed by atoms with van der Waals surface area (Å²) in [5.41, 5.74) is 5.87. The summed E-state index contributed by atoms with van der Waals surface area (Å²) in [5.74, 6) is 1.06. The van der Waals surface area contributed by atoms with E-state index in [0.717, 1.165) is 6.54 Å². The Morgan fingerprint density at radius 3 is 2.40 bits per heavy atom. The summed E-state index contributed by atoms with van der Waals surface area (Å²) >= 11 is 0. The largest absolute Gasteiger partial charge is 0.370 e. The van der Waals surface area contributed by atoms with Crippen LogP contribution in [-0.2, 0) is 0 Å². The lowest BCUT2D eigenvalue weighted by Crippen LogP contribution is -2.42. The van der Waals surface area contributed by atoms with Gasteiger partial charge in [-0.3, -0.25) is 4.99 Å². The predicted molar refractivity (Wildman–Crippen MR) is 63.4 cm³/mol. The molecule has 0 bridgehead atoms. The molecule has 86 valence electrons. The normalized spacial score (nSPS) is 11.9. The fourth-order valence-electron chi connectivity index (χ4n) is 1.17. The fourth-order valence-corrected chi connectivity index (χ4v) is 1.17. The quantitative estimate of drug-likeness (QED) is 0.553. The molecular weight excluding hydrogens is 188 g/mol. The van der Waals surface area contributed by atoms with Crippen LogP contribution in [0.2, 0.25) is 0 Å². The molecule has 0 atom stereocenters. The molecule has 0 aliphatic rings. The molecule has 0 rings (SSSR count). The molecule has 4 nitrogen and oxygen atoms in total. The van der Waals surface area contributed by atoms with Gasteiger partial charge in [-0.05, 0) is 19.8 Å². The molecule has 0 fully saturated rings. The Hall–Kier alpha value is -1.24. The highest BCUT2D eigenvalue weighted by molar-refractivity contribution is 5.78. The third-order valence-electron chi connectivity index (χ3n) is 2.00. The first-order valence-corrected chi connectivity index (χ1v) is 5.42. The van der Waals surface area contributed by atoms with E-state index in [1.807, 2.05) is 4.90 Å². The van der Waals surface area contributed by atoms with Crippen LogP contribution >= 0.6 is 0 Å². The summed E-state index contributed by atoms with van der Waals surface area (Å²) < 4.78 is 0. The minimum atomic E-state index is 0.286. The van der Waals surface area contributed by atoms with E-state index in [2.05, 4.69) is 38.8 Å². The van der Waals surface area contributed by atoms with Crippen molar-refractivity contribution in [3.8, 4) is 6.07 Å². The molecule has 0 amide bonds. The average Bonchev–Trinajstić information content (AvgIpc) is 2.14. The third kappa shape index (κ3) is 5.95. The number of hydrogen-bond acceptors (Lipinski definition) is 2. The van der Waals surface area contributed by atoms with Crippen LogP contribution in [-0.4, -0.2) is 30.0 Å². The second-order valence-corrected chi connectivity index (χ2v) is 4.29. The Morgan fingerprint density at radius 1 is 1.40 bits per heavy atom. The van der Waals surface area contributed by atoms with Crippen molar-refractivity contribution in [2.75, 3.05) is 13.1 Å². The number of nitriles is 1. The zero-order chi connectivity index (χ0) is 11.8. The first-order valence-electron chi connectivity index (χ1n) is 5.42. The highest BCUT2D eigenvalue weighted by atomic mass is 15.3. The minimum absolute atomic E-state index is 0.286. The van der Waals surface area contributed by atoms with Crippen molar-refractivity contribution >= 4 is 5.96 Å². The maximum atomic E-state index is 8.54. The van der Waals surface area contributed by atoms with Crippen molar-refractivity contribution in [3.63, 3.8) is 0 Å². The van der Waals surface area contributed by atoms with Gasteiger partial charge in [0.2, 0.25) is 0 Å². The molecule has 15 heavy (non-hydrogen) atoms. The van der Waals surface area contributed by atoms with Gasteiger partial charge >= 0.3 is 0 Å². The number of aliphatic imine (C=N–C) groups is 1. The summed E-state index contributed by atoms with van der Waals surface area (Å²) in [6.45, 7) is 9.70. The zero-order valence-corrected chi connectivity index (χ0v) is 10.2. The molecule has 0 spiro atoms. The maximum absolute atomic E-state index is 8.54. The molecule has 0 aromatic heterocycles. The third-order valence-corrected chi connectivity index (χ3v) is 2.00. The van der Waals surface area contributed by atoms with Gasteiger partial charge in [-0.1, -0.05) is 13.8 Å². The van der Waals surface area contributed by atoms with E-state index in [0.29, 0.717) is 24.8 Å². The van der Waals surface area contributed by atoms with E-state index in [9.17, 15) is 0 Å². The zero-order valence-electron chi connectivity index (χ0n) is 10.2. The first kappa shape index (κ1) is 13.8. The Labute approximate surface area is 92.8 Å². The average molecular weight is 210 g/mol. The van der Waals surface area contributed by atoms with Crippen molar-refractivity contribution in [3.05, 3.63) is 0 Å². The van der Waals surface area contributed by atoms with E-state index < -0.39 is 0 Å². The lowest BCUT2D eigenvalue weighted by molar-refractivity contribution is 0.351. The number of hydrogen-bond donors (Lipinski definition) is 1. The number of rotatable bonds is 5. The maximum Gasteiger partial charge on any atom is 0.191 e. The SMILES string of the molecule is CC(C)CN=C(N)N(CCC#N)C(C)C. The van der Waals surface area contributed by atoms with Gasteiger partial charge in [0.25, 0.3) is 0 Å². The second-order valence-electron chi connectivity index (χ2n) is 4.29. The molecule has 4 heteroatoms. The number of nitrogens with zero attached hydrogens (tertiary/aromatic N) is 3. The number of guanidine groups is 1. The summed E-state index contributed by atoms with van der Waals surface area (Å²) in [6, 6.07) is 2.41. The van der Waals surface area contributed by atoms with Crippen LogP contribution in [0.15, 0.2) is 4.99 Å². The number of nitrogens with two attached hydrogens (primary N) is 1. The van der Waals surface area contributed by atoms with Gasteiger partial charge in [-0.2, -0.15) is 5.26 Å². The molecule has 0 aliphatic heterocycles. The standard InChI is InChI=1S/C11H22N4/c1-9(2)8-14-11(13)15(10(3)4)7-5-6-12/h9-10H,5,7-8H2,1-4H3,(H2,13,14). The van der Waals surface area contributed by atoms with Gasteiger partial charge in [-0.25, -0.2) is 0 Å². The lowest BCUT2D eigenvalue weighted by atomic mass is 10.2. The molecule has 0 radical (unpaired) electrons. The van der Waals surface area contributed by atoms with E-state index in [1.165, 1.54) is 0 Å². The van der Waals surface area contributed by atoms with Crippen LogP contribution in [0.5, 0.6) is 0 Å². The molecule has 0 aromatic carbocycles. The van der Waals surface area contributed by atoms with Crippen molar-refractivity contribution in [1.29, 1.82) is 5.26 Å². The summed E-state index contributed by atoms with van der Waals surface area (Å²) in [5, 5.41) is 8.54. The van der Waals surface area contributed by atoms with Gasteiger partial charge in [-0.15, -0.1) is 0 Å². The van der Waals surface area contributed by atoms with E-state index in [-0.39, 0.29) is 6.04 Å². The second kappa shape index (κ2) is 7.10. The van der Waals surface area contributed by atoms with Gasteiger partial charge in [0.15, 0.2) is 5.96 Å². The van der Waals surface area contributed by atoms with Crippen molar-refractivity contribution < 1.29 is 0 Å². The lowest BCUT2D eigenvalue weighted by Gasteiger charge is -2.26. The monoisotopic (exact) mass is 210 g/mol. The molecule has 2 N–H and O–H groups in total. The van der Waals surface area contributed by atoms with E-state index in [4.69, 9.17) is 11.0 Å². The van der Waals surface area contributed by atoms with Gasteiger partial charge < -0.3 is 10.6 Å². The molecule has 0 heterocycles. The predicted octanol–water partition coefficient (Wildman–Crippen LogP) is 1.58. The Balaban J connectivity index is 4.35. The first-order chi connectivity index (χ1) is 6.99. The van der Waals surface area contributed by atoms with Gasteiger partial charge in [0.05, 0.1) is 12.5 Å².